The molecule has 0 atom stereocenters. The number of hydrogen-bond donors (Lipinski definition) is 1. The van der Waals surface area contributed by atoms with Crippen LogP contribution in [0.1, 0.15) is 19.5 Å². The molecular formula is C24H19F5N2O4S. The van der Waals surface area contributed by atoms with Gasteiger partial charge in [-0.05, 0) is 63.2 Å². The molecule has 1 N–H and O–H groups in total. The van der Waals surface area contributed by atoms with Gasteiger partial charge in [0.1, 0.15) is 17.3 Å². The second-order valence-corrected chi connectivity index (χ2v) is 11.1. The van der Waals surface area contributed by atoms with Crippen molar-refractivity contribution in [1.82, 2.24) is 4.98 Å². The van der Waals surface area contributed by atoms with Crippen LogP contribution in [0.4, 0.5) is 22.0 Å². The zero-order valence-corrected chi connectivity index (χ0v) is 19.9. The number of aromatic amines is 1. The molecule has 4 rings (SSSR count). The first-order valence-electron chi connectivity index (χ1n) is 10.4. The highest BCUT2D eigenvalue weighted by atomic mass is 32.2. The van der Waals surface area contributed by atoms with E-state index in [1.807, 2.05) is 0 Å². The number of H-pyrrole nitrogens is 1. The summed E-state index contributed by atoms with van der Waals surface area (Å²) in [5.41, 5.74) is 0.511. The lowest BCUT2D eigenvalue weighted by molar-refractivity contribution is -0.586. The van der Waals surface area contributed by atoms with Crippen LogP contribution in [0.25, 0.3) is 22.2 Å². The van der Waals surface area contributed by atoms with Gasteiger partial charge in [-0.25, -0.2) is 26.9 Å². The van der Waals surface area contributed by atoms with Crippen molar-refractivity contribution in [3.63, 3.8) is 0 Å². The highest BCUT2D eigenvalue weighted by molar-refractivity contribution is 7.92. The van der Waals surface area contributed by atoms with Crippen LogP contribution < -0.4 is 9.47 Å². The summed E-state index contributed by atoms with van der Waals surface area (Å²) in [4.78, 5) is 2.09. The maximum Gasteiger partial charge on any atom is 0.408 e. The number of rotatable bonds is 5. The van der Waals surface area contributed by atoms with Crippen LogP contribution >= 0.6 is 0 Å². The van der Waals surface area contributed by atoms with E-state index < -0.39 is 43.0 Å². The van der Waals surface area contributed by atoms with Crippen LogP contribution in [0, 0.1) is 23.8 Å². The third-order valence-electron chi connectivity index (χ3n) is 5.91. The van der Waals surface area contributed by atoms with Crippen molar-refractivity contribution in [2.24, 2.45) is 0 Å². The van der Waals surface area contributed by atoms with Crippen LogP contribution in [0.5, 0.6) is 11.5 Å². The van der Waals surface area contributed by atoms with Crippen LogP contribution in [0.15, 0.2) is 59.6 Å². The van der Waals surface area contributed by atoms with E-state index in [1.54, 1.807) is 0 Å². The van der Waals surface area contributed by atoms with E-state index in [0.717, 1.165) is 30.3 Å². The number of hydrogen-bond acceptors (Lipinski definition) is 4. The first kappa shape index (κ1) is 25.4. The number of nitrogens with one attached hydrogen (secondary N) is 1. The lowest BCUT2D eigenvalue weighted by atomic mass is 10.0. The minimum Gasteiger partial charge on any atom is -0.710 e. The molecule has 2 aromatic heterocycles. The maximum atomic E-state index is 14.3. The summed E-state index contributed by atoms with van der Waals surface area (Å²) in [5.74, 6) is -2.44. The van der Waals surface area contributed by atoms with E-state index in [4.69, 9.17) is 4.74 Å². The van der Waals surface area contributed by atoms with Gasteiger partial charge >= 0.3 is 6.18 Å². The van der Waals surface area contributed by atoms with Gasteiger partial charge in [0.25, 0.3) is 5.65 Å². The fourth-order valence-electron chi connectivity index (χ4n) is 3.59. The number of benzene rings is 2. The van der Waals surface area contributed by atoms with E-state index in [1.165, 1.54) is 25.3 Å². The average molecular weight is 526 g/mol. The lowest BCUT2D eigenvalue weighted by Crippen LogP contribution is -2.46. The second-order valence-electron chi connectivity index (χ2n) is 8.58. The van der Waals surface area contributed by atoms with Crippen molar-refractivity contribution < 1.29 is 39.8 Å². The Morgan fingerprint density at radius 1 is 0.944 bits per heavy atom. The molecule has 2 aromatic carbocycles. The summed E-state index contributed by atoms with van der Waals surface area (Å²) in [6.45, 7) is 2.58. The first-order chi connectivity index (χ1) is 16.6. The number of sulfone groups is 1. The number of halogens is 5. The van der Waals surface area contributed by atoms with Gasteiger partial charge in [0.2, 0.25) is 0 Å². The average Bonchev–Trinajstić information content (AvgIpc) is 3.28. The van der Waals surface area contributed by atoms with Gasteiger partial charge in [-0.2, -0.15) is 13.2 Å². The van der Waals surface area contributed by atoms with Crippen molar-refractivity contribution in [2.75, 3.05) is 0 Å². The molecule has 0 aliphatic carbocycles. The van der Waals surface area contributed by atoms with Crippen LogP contribution in [-0.4, -0.2) is 24.3 Å². The van der Waals surface area contributed by atoms with Crippen LogP contribution in [-0.2, 0) is 9.84 Å². The van der Waals surface area contributed by atoms with E-state index in [-0.39, 0.29) is 28.2 Å². The van der Waals surface area contributed by atoms with E-state index in [9.17, 15) is 35.6 Å². The summed E-state index contributed by atoms with van der Waals surface area (Å²) in [6, 6.07) is 8.44. The van der Waals surface area contributed by atoms with Gasteiger partial charge in [0, 0.05) is 17.2 Å². The molecule has 0 spiro atoms. The largest absolute Gasteiger partial charge is 0.710 e. The Morgan fingerprint density at radius 3 is 2.25 bits per heavy atom. The topological polar surface area (TPSA) is 86.1 Å². The van der Waals surface area contributed by atoms with Gasteiger partial charge < -0.3 is 9.94 Å². The Balaban J connectivity index is 2.00. The summed E-state index contributed by atoms with van der Waals surface area (Å²) >= 11 is 0. The predicted molar refractivity (Wildman–Crippen MR) is 121 cm³/mol. The van der Waals surface area contributed by atoms with Gasteiger partial charge in [0.05, 0.1) is 16.5 Å². The molecule has 0 radical (unpaired) electrons. The molecule has 0 saturated carbocycles. The maximum absolute atomic E-state index is 14.3. The number of alkyl halides is 3. The summed E-state index contributed by atoms with van der Waals surface area (Å²) < 4.78 is 97.7. The minimum atomic E-state index is -5.08. The number of aromatic nitrogens is 2. The fourth-order valence-corrected chi connectivity index (χ4v) is 5.00. The van der Waals surface area contributed by atoms with Crippen molar-refractivity contribution in [2.45, 2.75) is 36.6 Å². The number of nitrogens with zero attached hydrogens (tertiary/aromatic N) is 1. The minimum absolute atomic E-state index is 0.0222. The Labute approximate surface area is 202 Å². The molecule has 2 heterocycles. The summed E-state index contributed by atoms with van der Waals surface area (Å²) in [5, 5.41) is 12.8. The Morgan fingerprint density at radius 2 is 1.61 bits per heavy atom. The Kier molecular flexibility index (Phi) is 5.98. The van der Waals surface area contributed by atoms with Gasteiger partial charge in [-0.3, -0.25) is 0 Å². The van der Waals surface area contributed by atoms with Crippen LogP contribution in [0.3, 0.4) is 0 Å². The molecular weight excluding hydrogens is 507 g/mol. The molecule has 12 heteroatoms. The standard InChI is InChI=1S/C24H19F5N2O4S/c1-13-10-17(16-8-9-30-22(16)31(13)32)18-12-15(36(33,34)23(2,3)24(27,28)29)5-7-20(18)35-21-6-4-14(25)11-19(21)26/h4-12,30H,1-3H3. The zero-order valence-electron chi connectivity index (χ0n) is 19.1. The normalized spacial score (nSPS) is 12.8. The van der Waals surface area contributed by atoms with Gasteiger partial charge in [-0.1, -0.05) is 0 Å². The molecule has 4 aromatic rings. The third kappa shape index (κ3) is 4.04. The van der Waals surface area contributed by atoms with E-state index in [0.29, 0.717) is 30.0 Å². The number of aryl methyl sites for hydroxylation is 1. The predicted octanol–water partition coefficient (Wildman–Crippen LogP) is 5.96. The molecule has 190 valence electrons. The molecule has 0 unspecified atom stereocenters. The summed E-state index contributed by atoms with van der Waals surface area (Å²) in [7, 11) is -4.97. The Bertz CT molecular complexity index is 1590. The highest BCUT2D eigenvalue weighted by Crippen LogP contribution is 2.43. The lowest BCUT2D eigenvalue weighted by Gasteiger charge is -2.28. The molecule has 0 fully saturated rings. The number of pyridine rings is 1. The smallest absolute Gasteiger partial charge is 0.408 e. The quantitative estimate of drug-likeness (QED) is 0.198. The molecule has 0 amide bonds. The molecule has 0 aliphatic rings. The van der Waals surface area contributed by atoms with Crippen molar-refractivity contribution in [3.05, 3.63) is 77.3 Å². The van der Waals surface area contributed by atoms with Gasteiger partial charge in [0.15, 0.2) is 26.2 Å². The molecule has 6 nitrogen and oxygen atoms in total. The van der Waals surface area contributed by atoms with Crippen molar-refractivity contribution >= 4 is 20.9 Å². The summed E-state index contributed by atoms with van der Waals surface area (Å²) in [6.07, 6.45) is -3.63. The highest BCUT2D eigenvalue weighted by Gasteiger charge is 2.57. The van der Waals surface area contributed by atoms with Crippen molar-refractivity contribution in [1.29, 1.82) is 0 Å². The fraction of sp³-hybridized carbons (Fsp3) is 0.208. The SMILES string of the molecule is Cc1cc(-c2cc(S(=O)(=O)C(C)(C)C(F)(F)F)ccc2Oc2ccc(F)cc2F)c2cc[nH]c2[n+]1[O-]. The molecule has 0 bridgehead atoms. The monoisotopic (exact) mass is 526 g/mol. The van der Waals surface area contributed by atoms with E-state index in [2.05, 4.69) is 4.98 Å². The van der Waals surface area contributed by atoms with Crippen LogP contribution in [0.2, 0.25) is 0 Å². The zero-order chi connectivity index (χ0) is 26.6. The Hall–Kier alpha value is -3.67. The number of ether oxygens (including phenoxy) is 1. The van der Waals surface area contributed by atoms with E-state index >= 15 is 0 Å². The van der Waals surface area contributed by atoms with Crippen molar-refractivity contribution in [3.8, 4) is 22.6 Å². The molecule has 0 saturated heterocycles. The first-order valence-corrected chi connectivity index (χ1v) is 11.9. The third-order valence-corrected chi connectivity index (χ3v) is 8.36. The number of fused-ring (bicyclic) bond motifs is 1. The van der Waals surface area contributed by atoms with Gasteiger partial charge in [-0.15, -0.1) is 0 Å². The molecule has 0 aliphatic heterocycles. The second kappa shape index (κ2) is 8.47. The molecule has 36 heavy (non-hydrogen) atoms.